The summed E-state index contributed by atoms with van der Waals surface area (Å²) in [5.41, 5.74) is 6.61. The van der Waals surface area contributed by atoms with Crippen LogP contribution in [0.3, 0.4) is 0 Å². The van der Waals surface area contributed by atoms with Gasteiger partial charge >= 0.3 is 0 Å². The lowest BCUT2D eigenvalue weighted by Gasteiger charge is -2.17. The van der Waals surface area contributed by atoms with Crippen molar-refractivity contribution in [2.45, 2.75) is 12.2 Å². The molecule has 20 heavy (non-hydrogen) atoms. The Bertz CT molecular complexity index is 751. The normalized spacial score (nSPS) is 22.5. The molecule has 0 aliphatic heterocycles. The molecule has 102 valence electrons. The number of para-hydroxylation sites is 1. The standard InChI is InChI=1S/C12H10FN5O2/c13-8-5-7(6-11(12(8)14)18(19)20)17-10-4-2-1-3-9(10)15-16-17/h1-6,8,12H,14H2/t8-,12?/m0/s1. The molecule has 0 radical (unpaired) electrons. The van der Waals surface area contributed by atoms with Crippen LogP contribution in [-0.4, -0.2) is 32.1 Å². The molecule has 3 rings (SSSR count). The lowest BCUT2D eigenvalue weighted by molar-refractivity contribution is -0.430. The first kappa shape index (κ1) is 12.4. The number of nitrogens with zero attached hydrogens (tertiary/aromatic N) is 4. The van der Waals surface area contributed by atoms with E-state index in [1.54, 1.807) is 24.3 Å². The van der Waals surface area contributed by atoms with Crippen LogP contribution in [0.25, 0.3) is 16.7 Å². The largest absolute Gasteiger partial charge is 0.316 e. The van der Waals surface area contributed by atoms with E-state index in [1.165, 1.54) is 16.8 Å². The second-order valence-electron chi connectivity index (χ2n) is 4.38. The van der Waals surface area contributed by atoms with Crippen molar-refractivity contribution < 1.29 is 9.31 Å². The van der Waals surface area contributed by atoms with Crippen LogP contribution < -0.4 is 5.73 Å². The second kappa shape index (κ2) is 4.49. The first-order valence-electron chi connectivity index (χ1n) is 5.86. The van der Waals surface area contributed by atoms with Crippen molar-refractivity contribution in [3.05, 3.63) is 52.2 Å². The highest BCUT2D eigenvalue weighted by Gasteiger charge is 2.33. The molecule has 0 saturated carbocycles. The highest BCUT2D eigenvalue weighted by molar-refractivity contribution is 5.79. The molecule has 8 heteroatoms. The number of nitro groups is 1. The van der Waals surface area contributed by atoms with Crippen molar-refractivity contribution in [2.75, 3.05) is 0 Å². The van der Waals surface area contributed by atoms with Gasteiger partial charge in [-0.1, -0.05) is 17.3 Å². The quantitative estimate of drug-likeness (QED) is 0.653. The van der Waals surface area contributed by atoms with E-state index in [0.717, 1.165) is 0 Å². The zero-order chi connectivity index (χ0) is 14.3. The predicted octanol–water partition coefficient (Wildman–Crippen LogP) is 1.11. The third kappa shape index (κ3) is 1.86. The van der Waals surface area contributed by atoms with Gasteiger partial charge in [0.25, 0.3) is 5.70 Å². The first-order valence-corrected chi connectivity index (χ1v) is 5.86. The minimum atomic E-state index is -1.64. The summed E-state index contributed by atoms with van der Waals surface area (Å²) in [5.74, 6) is 0. The van der Waals surface area contributed by atoms with E-state index in [9.17, 15) is 14.5 Å². The number of alkyl halides is 1. The van der Waals surface area contributed by atoms with Gasteiger partial charge in [-0.3, -0.25) is 10.1 Å². The number of hydrogen-bond donors (Lipinski definition) is 1. The smallest absolute Gasteiger partial charge is 0.268 e. The topological polar surface area (TPSA) is 99.9 Å². The minimum Gasteiger partial charge on any atom is -0.316 e. The number of fused-ring (bicyclic) bond motifs is 1. The van der Waals surface area contributed by atoms with E-state index in [0.29, 0.717) is 11.0 Å². The third-order valence-corrected chi connectivity index (χ3v) is 3.12. The molecule has 0 amide bonds. The highest BCUT2D eigenvalue weighted by atomic mass is 19.1. The molecule has 2 N–H and O–H groups in total. The summed E-state index contributed by atoms with van der Waals surface area (Å²) < 4.78 is 15.2. The fraction of sp³-hybridized carbons (Fsp3) is 0.167. The molecule has 0 spiro atoms. The molecule has 7 nitrogen and oxygen atoms in total. The van der Waals surface area contributed by atoms with E-state index in [1.807, 2.05) is 0 Å². The number of halogens is 1. The molecular formula is C12H10FN5O2. The Morgan fingerprint density at radius 3 is 2.90 bits per heavy atom. The molecule has 2 atom stereocenters. The maximum absolute atomic E-state index is 13.8. The van der Waals surface area contributed by atoms with E-state index in [2.05, 4.69) is 10.3 Å². The van der Waals surface area contributed by atoms with Gasteiger partial charge in [0.2, 0.25) is 0 Å². The number of rotatable bonds is 2. The summed E-state index contributed by atoms with van der Waals surface area (Å²) in [5, 5.41) is 18.7. The van der Waals surface area contributed by atoms with Gasteiger partial charge in [-0.15, -0.1) is 5.10 Å². The number of benzene rings is 1. The van der Waals surface area contributed by atoms with Crippen LogP contribution in [0.5, 0.6) is 0 Å². The number of hydrogen-bond acceptors (Lipinski definition) is 5. The van der Waals surface area contributed by atoms with Crippen molar-refractivity contribution >= 4 is 16.7 Å². The molecule has 0 saturated heterocycles. The molecule has 1 aliphatic rings. The van der Waals surface area contributed by atoms with Gasteiger partial charge in [0.15, 0.2) is 0 Å². The van der Waals surface area contributed by atoms with E-state index in [-0.39, 0.29) is 11.4 Å². The van der Waals surface area contributed by atoms with Crippen LogP contribution in [0, 0.1) is 10.1 Å². The number of aromatic nitrogens is 3. The summed E-state index contributed by atoms with van der Waals surface area (Å²) in [7, 11) is 0. The van der Waals surface area contributed by atoms with Crippen molar-refractivity contribution in [3.63, 3.8) is 0 Å². The maximum Gasteiger partial charge on any atom is 0.268 e. The molecule has 1 aliphatic carbocycles. The van der Waals surface area contributed by atoms with Gasteiger partial charge in [-0.25, -0.2) is 9.07 Å². The van der Waals surface area contributed by atoms with Crippen molar-refractivity contribution in [1.29, 1.82) is 0 Å². The Labute approximate surface area is 112 Å². The molecule has 1 heterocycles. The van der Waals surface area contributed by atoms with Crippen LogP contribution in [0.2, 0.25) is 0 Å². The number of allylic oxidation sites excluding steroid dienone is 2. The SMILES string of the molecule is NC1C([N+](=O)[O-])=CC(n2nnc3ccccc32)=C[C@@H]1F. The zero-order valence-corrected chi connectivity index (χ0v) is 10.2. The molecule has 2 aromatic rings. The molecule has 1 unspecified atom stereocenters. The van der Waals surface area contributed by atoms with Crippen molar-refractivity contribution in [1.82, 2.24) is 15.0 Å². The second-order valence-corrected chi connectivity index (χ2v) is 4.38. The van der Waals surface area contributed by atoms with E-state index >= 15 is 0 Å². The first-order chi connectivity index (χ1) is 9.58. The average Bonchev–Trinajstić information content (AvgIpc) is 2.85. The zero-order valence-electron chi connectivity index (χ0n) is 10.2. The van der Waals surface area contributed by atoms with Gasteiger partial charge in [0.05, 0.1) is 16.1 Å². The molecule has 1 aromatic heterocycles. The Kier molecular flexibility index (Phi) is 2.79. The van der Waals surface area contributed by atoms with E-state index < -0.39 is 17.1 Å². The predicted molar refractivity (Wildman–Crippen MR) is 69.7 cm³/mol. The fourth-order valence-corrected chi connectivity index (χ4v) is 2.09. The minimum absolute atomic E-state index is 0.250. The monoisotopic (exact) mass is 275 g/mol. The van der Waals surface area contributed by atoms with Gasteiger partial charge in [0, 0.05) is 6.08 Å². The Hall–Kier alpha value is -2.61. The highest BCUT2D eigenvalue weighted by Crippen LogP contribution is 2.24. The lowest BCUT2D eigenvalue weighted by atomic mass is 10.0. The average molecular weight is 275 g/mol. The van der Waals surface area contributed by atoms with Gasteiger partial charge < -0.3 is 5.73 Å². The summed E-state index contributed by atoms with van der Waals surface area (Å²) in [4.78, 5) is 10.2. The summed E-state index contributed by atoms with van der Waals surface area (Å²) in [6, 6.07) is 5.80. The maximum atomic E-state index is 13.8. The Balaban J connectivity index is 2.14. The Morgan fingerprint density at radius 1 is 1.40 bits per heavy atom. The number of nitrogens with two attached hydrogens (primary N) is 1. The summed E-state index contributed by atoms with van der Waals surface area (Å²) in [6.07, 6.45) is 0.791. The van der Waals surface area contributed by atoms with Crippen LogP contribution in [0.4, 0.5) is 4.39 Å². The van der Waals surface area contributed by atoms with Crippen LogP contribution >= 0.6 is 0 Å². The summed E-state index contributed by atoms with van der Waals surface area (Å²) >= 11 is 0. The van der Waals surface area contributed by atoms with Crippen molar-refractivity contribution in [2.24, 2.45) is 5.73 Å². The van der Waals surface area contributed by atoms with Crippen molar-refractivity contribution in [3.8, 4) is 0 Å². The molecular weight excluding hydrogens is 265 g/mol. The van der Waals surface area contributed by atoms with Crippen LogP contribution in [-0.2, 0) is 0 Å². The molecule has 0 bridgehead atoms. The van der Waals surface area contributed by atoms with Gasteiger partial charge in [-0.2, -0.15) is 0 Å². The summed E-state index contributed by atoms with van der Waals surface area (Å²) in [6.45, 7) is 0. The third-order valence-electron chi connectivity index (χ3n) is 3.12. The van der Waals surface area contributed by atoms with Gasteiger partial charge in [0.1, 0.15) is 17.7 Å². The van der Waals surface area contributed by atoms with Crippen LogP contribution in [0.15, 0.2) is 42.1 Å². The van der Waals surface area contributed by atoms with Crippen LogP contribution in [0.1, 0.15) is 0 Å². The fourth-order valence-electron chi connectivity index (χ4n) is 2.09. The lowest BCUT2D eigenvalue weighted by Crippen LogP contribution is -2.37. The molecule has 0 fully saturated rings. The van der Waals surface area contributed by atoms with E-state index in [4.69, 9.17) is 5.73 Å². The van der Waals surface area contributed by atoms with Gasteiger partial charge in [-0.05, 0) is 18.2 Å². The Morgan fingerprint density at radius 2 is 2.15 bits per heavy atom. The molecule has 1 aromatic carbocycles.